The number of rotatable bonds is 7. The van der Waals surface area contributed by atoms with E-state index in [-0.39, 0.29) is 34.7 Å². The lowest BCUT2D eigenvalue weighted by Gasteiger charge is -2.60. The Morgan fingerprint density at radius 1 is 0.694 bits per heavy atom. The summed E-state index contributed by atoms with van der Waals surface area (Å²) in [5.74, 6) is 1.29. The molecule has 5 aliphatic heterocycles. The Labute approximate surface area is 363 Å². The van der Waals surface area contributed by atoms with Crippen LogP contribution in [0.15, 0.2) is 11.6 Å². The quantitative estimate of drug-likeness (QED) is 0.155. The average molecular weight is 885 g/mol. The molecule has 9 aliphatic rings. The van der Waals surface area contributed by atoms with Crippen LogP contribution in [0.1, 0.15) is 92.9 Å². The molecular weight excluding hydrogens is 812 g/mol. The molecule has 17 nitrogen and oxygen atoms in total. The first kappa shape index (κ1) is 46.2. The van der Waals surface area contributed by atoms with Crippen LogP contribution in [-0.4, -0.2) is 175 Å². The molecule has 9 rings (SSSR count). The van der Waals surface area contributed by atoms with E-state index in [9.17, 15) is 46.0 Å². The Morgan fingerprint density at radius 3 is 1.95 bits per heavy atom. The Bertz CT molecular complexity index is 1630. The second-order valence-electron chi connectivity index (χ2n) is 21.1. The van der Waals surface area contributed by atoms with E-state index in [1.807, 2.05) is 0 Å². The standard InChI is InChI=1S/C45H72O17/c1-18-9-12-45(55-17-18)19(2)30-27(62-45)14-26-24-8-7-22-13-23(10-11-43(22,5)25(24)15-29(47)44(26,30)6)58-42-39(61-41-36(53)34(51)32(49)21(4)57-41)37(54)38(28(16-46)59-42)60-40-35(52)33(50)31(48)20(3)56-40/h7,18-21,23-42,46-54H,8-17H2,1-6H3/t18-,19+,20+,21+,23+,24-,25+,26+,27+,28-,29-,30+,31+,32+,33-,34-,35-,36-,37+,38-,39-,40+,41+,42-,43+,44-,45-/m1/s1. The average Bonchev–Trinajstić information content (AvgIpc) is 3.70. The highest BCUT2D eigenvalue weighted by Gasteiger charge is 2.71. The van der Waals surface area contributed by atoms with Gasteiger partial charge in [0.2, 0.25) is 0 Å². The second-order valence-corrected chi connectivity index (χ2v) is 21.1. The van der Waals surface area contributed by atoms with Gasteiger partial charge in [0.15, 0.2) is 24.7 Å². The van der Waals surface area contributed by atoms with Crippen LogP contribution in [0.25, 0.3) is 0 Å². The molecule has 0 aromatic carbocycles. The third-order valence-electron chi connectivity index (χ3n) is 17.8. The van der Waals surface area contributed by atoms with Crippen LogP contribution >= 0.6 is 0 Å². The van der Waals surface area contributed by atoms with E-state index in [1.54, 1.807) is 0 Å². The summed E-state index contributed by atoms with van der Waals surface area (Å²) < 4.78 is 49.9. The predicted molar refractivity (Wildman–Crippen MR) is 214 cm³/mol. The molecule has 5 heterocycles. The topological polar surface area (TPSA) is 256 Å². The van der Waals surface area contributed by atoms with Gasteiger partial charge >= 0.3 is 0 Å². The molecule has 8 fully saturated rings. The molecule has 3 saturated carbocycles. The zero-order chi connectivity index (χ0) is 44.4. The van der Waals surface area contributed by atoms with Gasteiger partial charge < -0.3 is 83.9 Å². The van der Waals surface area contributed by atoms with Crippen LogP contribution in [0.2, 0.25) is 0 Å². The van der Waals surface area contributed by atoms with Crippen LogP contribution in [0, 0.1) is 46.3 Å². The van der Waals surface area contributed by atoms with Crippen LogP contribution in [0.4, 0.5) is 0 Å². The molecule has 0 aromatic rings. The van der Waals surface area contributed by atoms with Gasteiger partial charge in [0.25, 0.3) is 0 Å². The lowest BCUT2D eigenvalue weighted by Crippen LogP contribution is -2.66. The summed E-state index contributed by atoms with van der Waals surface area (Å²) in [5.41, 5.74) is 0.753. The van der Waals surface area contributed by atoms with Crippen molar-refractivity contribution < 1.29 is 83.9 Å². The van der Waals surface area contributed by atoms with Crippen molar-refractivity contribution in [3.8, 4) is 0 Å². The Morgan fingerprint density at radius 2 is 1.34 bits per heavy atom. The molecule has 0 bridgehead atoms. The molecule has 9 N–H and O–H groups in total. The van der Waals surface area contributed by atoms with Gasteiger partial charge in [0.05, 0.1) is 43.7 Å². The molecule has 5 saturated heterocycles. The molecular formula is C45H72O17. The van der Waals surface area contributed by atoms with Gasteiger partial charge in [-0.15, -0.1) is 0 Å². The van der Waals surface area contributed by atoms with E-state index in [4.69, 9.17) is 37.9 Å². The highest BCUT2D eigenvalue weighted by Crippen LogP contribution is 2.70. The molecule has 0 aromatic heterocycles. The number of allylic oxidation sites excluding steroid dienone is 1. The molecule has 354 valence electrons. The van der Waals surface area contributed by atoms with Crippen LogP contribution in [-0.2, 0) is 37.9 Å². The summed E-state index contributed by atoms with van der Waals surface area (Å²) in [4.78, 5) is 0. The summed E-state index contributed by atoms with van der Waals surface area (Å²) in [6, 6.07) is 0. The van der Waals surface area contributed by atoms with E-state index in [1.165, 1.54) is 19.4 Å². The fraction of sp³-hybridized carbons (Fsp3) is 0.956. The van der Waals surface area contributed by atoms with Crippen LogP contribution < -0.4 is 0 Å². The molecule has 0 unspecified atom stereocenters. The number of fused-ring (bicyclic) bond motifs is 7. The Kier molecular flexibility index (Phi) is 12.7. The minimum absolute atomic E-state index is 0.0536. The fourth-order valence-corrected chi connectivity index (χ4v) is 13.9. The number of hydrogen-bond donors (Lipinski definition) is 9. The van der Waals surface area contributed by atoms with E-state index in [0.717, 1.165) is 32.1 Å². The number of aliphatic hydroxyl groups excluding tert-OH is 9. The van der Waals surface area contributed by atoms with Gasteiger partial charge in [-0.25, -0.2) is 0 Å². The van der Waals surface area contributed by atoms with Crippen LogP contribution in [0.3, 0.4) is 0 Å². The second kappa shape index (κ2) is 17.0. The highest BCUT2D eigenvalue weighted by molar-refractivity contribution is 5.27. The summed E-state index contributed by atoms with van der Waals surface area (Å²) >= 11 is 0. The Balaban J connectivity index is 0.927. The van der Waals surface area contributed by atoms with E-state index in [0.29, 0.717) is 43.6 Å². The van der Waals surface area contributed by atoms with E-state index >= 15 is 0 Å². The van der Waals surface area contributed by atoms with Gasteiger partial charge in [0, 0.05) is 23.7 Å². The molecule has 0 amide bonds. The highest BCUT2D eigenvalue weighted by atomic mass is 16.8. The number of ether oxygens (including phenoxy) is 8. The van der Waals surface area contributed by atoms with E-state index in [2.05, 4.69) is 33.8 Å². The minimum Gasteiger partial charge on any atom is -0.394 e. The zero-order valence-corrected chi connectivity index (χ0v) is 36.8. The van der Waals surface area contributed by atoms with Gasteiger partial charge in [-0.3, -0.25) is 0 Å². The first-order valence-corrected chi connectivity index (χ1v) is 23.3. The monoisotopic (exact) mass is 884 g/mol. The van der Waals surface area contributed by atoms with Gasteiger partial charge in [-0.2, -0.15) is 0 Å². The normalized spacial score (nSPS) is 58.9. The summed E-state index contributed by atoms with van der Waals surface area (Å²) in [7, 11) is 0. The van der Waals surface area contributed by atoms with Crippen molar-refractivity contribution in [2.75, 3.05) is 13.2 Å². The van der Waals surface area contributed by atoms with Crippen LogP contribution in [0.5, 0.6) is 0 Å². The maximum Gasteiger partial charge on any atom is 0.187 e. The third-order valence-corrected chi connectivity index (χ3v) is 17.8. The van der Waals surface area contributed by atoms with Crippen molar-refractivity contribution >= 4 is 0 Å². The maximum absolute atomic E-state index is 12.3. The Hall–Kier alpha value is -0.940. The largest absolute Gasteiger partial charge is 0.394 e. The van der Waals surface area contributed by atoms with Crippen molar-refractivity contribution in [1.29, 1.82) is 0 Å². The maximum atomic E-state index is 12.3. The summed E-state index contributed by atoms with van der Waals surface area (Å²) in [5, 5.41) is 98.2. The third kappa shape index (κ3) is 7.31. The number of hydrogen-bond acceptors (Lipinski definition) is 17. The lowest BCUT2D eigenvalue weighted by molar-refractivity contribution is -0.388. The predicted octanol–water partition coefficient (Wildman–Crippen LogP) is 0.213. The fourth-order valence-electron chi connectivity index (χ4n) is 13.9. The lowest BCUT2D eigenvalue weighted by atomic mass is 9.46. The molecule has 17 heteroatoms. The van der Waals surface area contributed by atoms with Crippen molar-refractivity contribution in [2.45, 2.75) is 209 Å². The summed E-state index contributed by atoms with van der Waals surface area (Å²) in [6.45, 7) is 12.1. The van der Waals surface area contributed by atoms with Gasteiger partial charge in [0.1, 0.15) is 61.0 Å². The number of aliphatic hydroxyl groups is 9. The molecule has 0 radical (unpaired) electrons. The first-order chi connectivity index (χ1) is 29.3. The van der Waals surface area contributed by atoms with Crippen molar-refractivity contribution in [1.82, 2.24) is 0 Å². The first-order valence-electron chi connectivity index (χ1n) is 23.3. The zero-order valence-electron chi connectivity index (χ0n) is 36.8. The van der Waals surface area contributed by atoms with Crippen molar-refractivity contribution in [2.24, 2.45) is 46.3 Å². The summed E-state index contributed by atoms with van der Waals surface area (Å²) in [6.07, 6.45) is -13.9. The van der Waals surface area contributed by atoms with Gasteiger partial charge in [-0.1, -0.05) is 39.3 Å². The smallest absolute Gasteiger partial charge is 0.187 e. The van der Waals surface area contributed by atoms with Crippen molar-refractivity contribution in [3.63, 3.8) is 0 Å². The minimum atomic E-state index is -1.73. The van der Waals surface area contributed by atoms with Gasteiger partial charge in [-0.05, 0) is 87.9 Å². The molecule has 1 spiro atoms. The van der Waals surface area contributed by atoms with Crippen molar-refractivity contribution in [3.05, 3.63) is 11.6 Å². The molecule has 4 aliphatic carbocycles. The van der Waals surface area contributed by atoms with E-state index < -0.39 is 117 Å². The molecule has 27 atom stereocenters. The molecule has 62 heavy (non-hydrogen) atoms. The SMILES string of the molecule is C[C@@H]1CC[C@@]2(OC1)O[C@H]1C[C@H]3[C@@H]4CC=C5C[C@@H](O[C@@H]6O[C@H](CO)[C@@H](O[C@@H]7O[C@@H](C)[C@H](O)[C@@H](O)[C@H]7O)[C@H](O)[C@H]6O[C@@H]6O[C@@H](C)[C@H](O)[C@@H](O)[C@H]6O)CC[C@]5(C)[C@H]4C[C@@H](O)[C@]3(C)[C@H]1[C@@H]2C.